The third-order valence-corrected chi connectivity index (χ3v) is 2.52. The van der Waals surface area contributed by atoms with Crippen LogP contribution in [0.2, 0.25) is 0 Å². The maximum absolute atomic E-state index is 13.1. The molecule has 0 bridgehead atoms. The summed E-state index contributed by atoms with van der Waals surface area (Å²) in [6, 6.07) is 3.64. The first-order chi connectivity index (χ1) is 9.20. The third-order valence-electron chi connectivity index (χ3n) is 2.52. The second kappa shape index (κ2) is 6.19. The van der Waals surface area contributed by atoms with Crippen molar-refractivity contribution < 1.29 is 13.9 Å². The van der Waals surface area contributed by atoms with Crippen LogP contribution in [0.15, 0.2) is 30.6 Å². The number of rotatable bonds is 5. The summed E-state index contributed by atoms with van der Waals surface area (Å²) in [6.45, 7) is 0.668. The van der Waals surface area contributed by atoms with E-state index in [-0.39, 0.29) is 6.61 Å². The Hall–Kier alpha value is -2.08. The van der Waals surface area contributed by atoms with Crippen LogP contribution in [-0.4, -0.2) is 28.2 Å². The topological polar surface area (TPSA) is 58.0 Å². The van der Waals surface area contributed by atoms with E-state index in [0.717, 1.165) is 12.1 Å². The first kappa shape index (κ1) is 13.4. The van der Waals surface area contributed by atoms with Crippen LogP contribution < -0.4 is 5.32 Å². The van der Waals surface area contributed by atoms with Gasteiger partial charge < -0.3 is 10.4 Å². The van der Waals surface area contributed by atoms with E-state index in [1.807, 2.05) is 0 Å². The molecule has 1 aromatic carbocycles. The molecule has 0 saturated heterocycles. The highest BCUT2D eigenvalue weighted by atomic mass is 19.2. The summed E-state index contributed by atoms with van der Waals surface area (Å²) in [7, 11) is 0. The zero-order valence-corrected chi connectivity index (χ0v) is 10.1. The van der Waals surface area contributed by atoms with E-state index in [0.29, 0.717) is 30.0 Å². The molecule has 0 aliphatic heterocycles. The lowest BCUT2D eigenvalue weighted by Gasteiger charge is -2.05. The summed E-state index contributed by atoms with van der Waals surface area (Å²) in [5, 5.41) is 11.6. The number of halogens is 2. The van der Waals surface area contributed by atoms with Crippen molar-refractivity contribution in [2.75, 3.05) is 18.5 Å². The van der Waals surface area contributed by atoms with Crippen molar-refractivity contribution in [1.29, 1.82) is 0 Å². The van der Waals surface area contributed by atoms with Crippen LogP contribution in [0.5, 0.6) is 0 Å². The zero-order chi connectivity index (χ0) is 13.7. The lowest BCUT2D eigenvalue weighted by atomic mass is 10.1. The van der Waals surface area contributed by atoms with Gasteiger partial charge in [0.2, 0.25) is 5.95 Å². The molecular formula is C13H13F2N3O. The fourth-order valence-electron chi connectivity index (χ4n) is 1.52. The number of anilines is 1. The van der Waals surface area contributed by atoms with Gasteiger partial charge in [-0.15, -0.1) is 0 Å². The van der Waals surface area contributed by atoms with Crippen LogP contribution in [-0.2, 0) is 0 Å². The van der Waals surface area contributed by atoms with Crippen molar-refractivity contribution >= 4 is 5.95 Å². The van der Waals surface area contributed by atoms with E-state index in [4.69, 9.17) is 5.11 Å². The molecule has 0 unspecified atom stereocenters. The lowest BCUT2D eigenvalue weighted by Crippen LogP contribution is -2.06. The highest BCUT2D eigenvalue weighted by Gasteiger charge is 2.05. The van der Waals surface area contributed by atoms with Crippen LogP contribution in [0.1, 0.15) is 6.42 Å². The Morgan fingerprint density at radius 2 is 1.79 bits per heavy atom. The highest BCUT2D eigenvalue weighted by molar-refractivity contribution is 5.61. The SMILES string of the molecule is OCCCNc1ncc(-c2ccc(F)c(F)c2)cn1. The summed E-state index contributed by atoms with van der Waals surface area (Å²) < 4.78 is 25.9. The van der Waals surface area contributed by atoms with Gasteiger partial charge in [-0.2, -0.15) is 0 Å². The first-order valence-electron chi connectivity index (χ1n) is 5.83. The molecule has 0 radical (unpaired) electrons. The molecule has 100 valence electrons. The Morgan fingerprint density at radius 1 is 1.05 bits per heavy atom. The predicted octanol–water partition coefficient (Wildman–Crippen LogP) is 2.22. The number of aliphatic hydroxyl groups is 1. The number of benzene rings is 1. The minimum atomic E-state index is -0.900. The summed E-state index contributed by atoms with van der Waals surface area (Å²) >= 11 is 0. The van der Waals surface area contributed by atoms with Crippen molar-refractivity contribution in [3.05, 3.63) is 42.2 Å². The number of aromatic nitrogens is 2. The maximum atomic E-state index is 13.1. The van der Waals surface area contributed by atoms with Gasteiger partial charge in [0, 0.05) is 31.1 Å². The van der Waals surface area contributed by atoms with E-state index in [1.54, 1.807) is 0 Å². The molecule has 4 nitrogen and oxygen atoms in total. The summed E-state index contributed by atoms with van der Waals surface area (Å²) in [6.07, 6.45) is 3.66. The van der Waals surface area contributed by atoms with Gasteiger partial charge in [0.1, 0.15) is 0 Å². The number of aliphatic hydroxyl groups excluding tert-OH is 1. The monoisotopic (exact) mass is 265 g/mol. The Labute approximate surface area is 109 Å². The van der Waals surface area contributed by atoms with Crippen molar-refractivity contribution in [3.63, 3.8) is 0 Å². The molecule has 0 fully saturated rings. The zero-order valence-electron chi connectivity index (χ0n) is 10.1. The largest absolute Gasteiger partial charge is 0.396 e. The van der Waals surface area contributed by atoms with E-state index < -0.39 is 11.6 Å². The van der Waals surface area contributed by atoms with Gasteiger partial charge in [-0.3, -0.25) is 0 Å². The molecule has 0 saturated carbocycles. The standard InChI is InChI=1S/C13H13F2N3O/c14-11-3-2-9(6-12(11)15)10-7-17-13(18-8-10)16-4-1-5-19/h2-3,6-8,19H,1,4-5H2,(H,16,17,18). The van der Waals surface area contributed by atoms with Crippen molar-refractivity contribution in [1.82, 2.24) is 9.97 Å². The van der Waals surface area contributed by atoms with Gasteiger partial charge in [-0.05, 0) is 24.1 Å². The van der Waals surface area contributed by atoms with Crippen LogP contribution in [0.25, 0.3) is 11.1 Å². The molecule has 2 N–H and O–H groups in total. The fraction of sp³-hybridized carbons (Fsp3) is 0.231. The number of nitrogens with zero attached hydrogens (tertiary/aromatic N) is 2. The maximum Gasteiger partial charge on any atom is 0.222 e. The van der Waals surface area contributed by atoms with Crippen molar-refractivity contribution in [2.45, 2.75) is 6.42 Å². The molecule has 0 atom stereocenters. The summed E-state index contributed by atoms with van der Waals surface area (Å²) in [4.78, 5) is 8.12. The molecule has 1 aromatic heterocycles. The highest BCUT2D eigenvalue weighted by Crippen LogP contribution is 2.20. The Bertz CT molecular complexity index is 546. The Balaban J connectivity index is 2.11. The quantitative estimate of drug-likeness (QED) is 0.814. The van der Waals surface area contributed by atoms with Crippen LogP contribution in [0, 0.1) is 11.6 Å². The molecule has 19 heavy (non-hydrogen) atoms. The molecule has 6 heteroatoms. The minimum absolute atomic E-state index is 0.0972. The van der Waals surface area contributed by atoms with Gasteiger partial charge in [0.25, 0.3) is 0 Å². The Kier molecular flexibility index (Phi) is 4.35. The molecule has 1 heterocycles. The normalized spacial score (nSPS) is 10.5. The van der Waals surface area contributed by atoms with Crippen LogP contribution in [0.4, 0.5) is 14.7 Å². The number of hydrogen-bond acceptors (Lipinski definition) is 4. The van der Waals surface area contributed by atoms with Gasteiger partial charge >= 0.3 is 0 Å². The van der Waals surface area contributed by atoms with Gasteiger partial charge in [-0.1, -0.05) is 6.07 Å². The average molecular weight is 265 g/mol. The van der Waals surface area contributed by atoms with E-state index >= 15 is 0 Å². The van der Waals surface area contributed by atoms with E-state index in [1.165, 1.54) is 18.5 Å². The average Bonchev–Trinajstić information content (AvgIpc) is 2.43. The fourth-order valence-corrected chi connectivity index (χ4v) is 1.52. The minimum Gasteiger partial charge on any atom is -0.396 e. The number of hydrogen-bond donors (Lipinski definition) is 2. The van der Waals surface area contributed by atoms with Gasteiger partial charge in [0.05, 0.1) is 0 Å². The molecule has 0 aliphatic rings. The summed E-state index contributed by atoms with van der Waals surface area (Å²) in [5.41, 5.74) is 1.12. The third kappa shape index (κ3) is 3.45. The molecule has 0 spiro atoms. The smallest absolute Gasteiger partial charge is 0.222 e. The van der Waals surface area contributed by atoms with Gasteiger partial charge in [0.15, 0.2) is 11.6 Å². The molecule has 2 rings (SSSR count). The van der Waals surface area contributed by atoms with Gasteiger partial charge in [-0.25, -0.2) is 18.7 Å². The summed E-state index contributed by atoms with van der Waals surface area (Å²) in [5.74, 6) is -1.35. The van der Waals surface area contributed by atoms with Crippen molar-refractivity contribution in [2.24, 2.45) is 0 Å². The molecule has 0 amide bonds. The molecule has 0 aliphatic carbocycles. The van der Waals surface area contributed by atoms with E-state index in [2.05, 4.69) is 15.3 Å². The van der Waals surface area contributed by atoms with Crippen LogP contribution in [0.3, 0.4) is 0 Å². The molecule has 2 aromatic rings. The van der Waals surface area contributed by atoms with Crippen LogP contribution >= 0.6 is 0 Å². The molecular weight excluding hydrogens is 252 g/mol. The second-order valence-electron chi connectivity index (χ2n) is 3.93. The predicted molar refractivity (Wildman–Crippen MR) is 67.6 cm³/mol. The second-order valence-corrected chi connectivity index (χ2v) is 3.93. The van der Waals surface area contributed by atoms with Crippen molar-refractivity contribution in [3.8, 4) is 11.1 Å². The lowest BCUT2D eigenvalue weighted by molar-refractivity contribution is 0.292. The van der Waals surface area contributed by atoms with E-state index in [9.17, 15) is 8.78 Å². The Morgan fingerprint density at radius 3 is 2.42 bits per heavy atom. The first-order valence-corrected chi connectivity index (χ1v) is 5.83. The number of nitrogens with one attached hydrogen (secondary N) is 1.